The second kappa shape index (κ2) is 10.7. The maximum atomic E-state index is 13.0. The fourth-order valence-corrected chi connectivity index (χ4v) is 3.54. The summed E-state index contributed by atoms with van der Waals surface area (Å²) in [6.45, 7) is 0.896. The van der Waals surface area contributed by atoms with Crippen molar-refractivity contribution in [1.29, 1.82) is 0 Å². The van der Waals surface area contributed by atoms with E-state index in [0.29, 0.717) is 13.2 Å². The Morgan fingerprint density at radius 3 is 2.48 bits per heavy atom. The van der Waals surface area contributed by atoms with Crippen LogP contribution in [0.5, 0.6) is 17.2 Å². The second-order valence-corrected chi connectivity index (χ2v) is 7.89. The summed E-state index contributed by atoms with van der Waals surface area (Å²) in [6.07, 6.45) is 7.26. The van der Waals surface area contributed by atoms with E-state index in [1.54, 1.807) is 26.5 Å². The van der Waals surface area contributed by atoms with Crippen LogP contribution in [0.3, 0.4) is 0 Å². The molecule has 3 aromatic rings. The molecule has 0 bridgehead atoms. The second-order valence-electron chi connectivity index (χ2n) is 7.89. The van der Waals surface area contributed by atoms with Gasteiger partial charge in [-0.25, -0.2) is 0 Å². The highest BCUT2D eigenvalue weighted by atomic mass is 16.5. The molecular weight excluding hydrogens is 416 g/mol. The third kappa shape index (κ3) is 6.13. The number of nitrogens with zero attached hydrogens (tertiary/aromatic N) is 2. The van der Waals surface area contributed by atoms with Crippen molar-refractivity contribution in [3.63, 3.8) is 0 Å². The minimum absolute atomic E-state index is 0.0159. The number of ether oxygens (including phenoxy) is 3. The van der Waals surface area contributed by atoms with Gasteiger partial charge in [-0.3, -0.25) is 9.78 Å². The Bertz CT molecular complexity index is 1090. The zero-order chi connectivity index (χ0) is 23.0. The molecule has 0 N–H and O–H groups in total. The van der Waals surface area contributed by atoms with Crippen molar-refractivity contribution in [2.24, 2.45) is 0 Å². The average Bonchev–Trinajstić information content (AvgIpc) is 3.71. The van der Waals surface area contributed by atoms with Crippen molar-refractivity contribution >= 4 is 12.0 Å². The summed E-state index contributed by atoms with van der Waals surface area (Å²) < 4.78 is 16.6. The minimum atomic E-state index is -0.0159. The Morgan fingerprint density at radius 1 is 1.03 bits per heavy atom. The van der Waals surface area contributed by atoms with E-state index in [-0.39, 0.29) is 11.9 Å². The van der Waals surface area contributed by atoms with E-state index in [1.807, 2.05) is 71.6 Å². The fraction of sp³-hybridized carbons (Fsp3) is 0.259. The first-order valence-corrected chi connectivity index (χ1v) is 11.0. The van der Waals surface area contributed by atoms with Crippen molar-refractivity contribution in [3.8, 4) is 17.2 Å². The van der Waals surface area contributed by atoms with E-state index >= 15 is 0 Å². The number of aromatic nitrogens is 1. The van der Waals surface area contributed by atoms with E-state index in [0.717, 1.165) is 46.9 Å². The molecule has 0 unspecified atom stereocenters. The number of hydrogen-bond donors (Lipinski definition) is 0. The van der Waals surface area contributed by atoms with Crippen LogP contribution in [0.15, 0.2) is 72.9 Å². The largest absolute Gasteiger partial charge is 0.497 e. The molecule has 4 rings (SSSR count). The number of benzene rings is 2. The molecule has 33 heavy (non-hydrogen) atoms. The lowest BCUT2D eigenvalue weighted by molar-refractivity contribution is -0.127. The maximum Gasteiger partial charge on any atom is 0.247 e. The van der Waals surface area contributed by atoms with E-state index in [2.05, 4.69) is 4.98 Å². The van der Waals surface area contributed by atoms with Crippen molar-refractivity contribution in [2.75, 3.05) is 14.2 Å². The maximum absolute atomic E-state index is 13.0. The minimum Gasteiger partial charge on any atom is -0.497 e. The van der Waals surface area contributed by atoms with Crippen molar-refractivity contribution in [2.45, 2.75) is 32.0 Å². The first kappa shape index (κ1) is 22.4. The number of carbonyl (C=O) groups excluding carboxylic acids is 1. The summed E-state index contributed by atoms with van der Waals surface area (Å²) in [5, 5.41) is 0. The average molecular weight is 445 g/mol. The van der Waals surface area contributed by atoms with Gasteiger partial charge in [-0.2, -0.15) is 0 Å². The Hall–Kier alpha value is -3.80. The molecule has 0 aliphatic heterocycles. The number of methoxy groups -OCH3 is 2. The molecule has 6 nitrogen and oxygen atoms in total. The van der Waals surface area contributed by atoms with E-state index < -0.39 is 0 Å². The smallest absolute Gasteiger partial charge is 0.247 e. The van der Waals surface area contributed by atoms with Gasteiger partial charge in [0.2, 0.25) is 5.91 Å². The van der Waals surface area contributed by atoms with Gasteiger partial charge >= 0.3 is 0 Å². The third-order valence-electron chi connectivity index (χ3n) is 5.51. The number of amides is 1. The number of rotatable bonds is 10. The van der Waals surface area contributed by atoms with Gasteiger partial charge in [0, 0.05) is 23.9 Å². The highest BCUT2D eigenvalue weighted by Crippen LogP contribution is 2.32. The number of pyridine rings is 1. The molecule has 1 saturated carbocycles. The summed E-state index contributed by atoms with van der Waals surface area (Å²) >= 11 is 0. The van der Waals surface area contributed by atoms with Crippen LogP contribution in [0, 0.1) is 0 Å². The van der Waals surface area contributed by atoms with Gasteiger partial charge in [0.05, 0.1) is 26.5 Å². The first-order valence-electron chi connectivity index (χ1n) is 11.0. The third-order valence-corrected chi connectivity index (χ3v) is 5.51. The van der Waals surface area contributed by atoms with E-state index in [1.165, 1.54) is 0 Å². The van der Waals surface area contributed by atoms with Crippen LogP contribution in [0.25, 0.3) is 6.08 Å². The van der Waals surface area contributed by atoms with Crippen molar-refractivity contribution < 1.29 is 19.0 Å². The fourth-order valence-electron chi connectivity index (χ4n) is 3.54. The van der Waals surface area contributed by atoms with Crippen LogP contribution in [-0.4, -0.2) is 36.1 Å². The molecule has 170 valence electrons. The summed E-state index contributed by atoms with van der Waals surface area (Å²) in [4.78, 5) is 19.2. The van der Waals surface area contributed by atoms with Gasteiger partial charge in [0.15, 0.2) is 0 Å². The molecule has 2 aromatic carbocycles. The van der Waals surface area contributed by atoms with Gasteiger partial charge in [-0.15, -0.1) is 0 Å². The lowest BCUT2D eigenvalue weighted by Crippen LogP contribution is -2.31. The van der Waals surface area contributed by atoms with Gasteiger partial charge in [0.25, 0.3) is 0 Å². The summed E-state index contributed by atoms with van der Waals surface area (Å²) in [5.74, 6) is 2.24. The highest BCUT2D eigenvalue weighted by Gasteiger charge is 2.32. The Balaban J connectivity index is 1.39. The van der Waals surface area contributed by atoms with Crippen molar-refractivity contribution in [3.05, 3.63) is 89.8 Å². The van der Waals surface area contributed by atoms with Crippen LogP contribution >= 0.6 is 0 Å². The zero-order valence-corrected chi connectivity index (χ0v) is 18.9. The zero-order valence-electron chi connectivity index (χ0n) is 18.9. The van der Waals surface area contributed by atoms with Crippen LogP contribution < -0.4 is 14.2 Å². The molecule has 1 aromatic heterocycles. The molecule has 1 aliphatic carbocycles. The SMILES string of the molecule is COc1ccc(OC)c(CN(C(=O)/C=C/c2ccc(OCc3ccccn3)cc2)C2CC2)c1. The Kier molecular flexibility index (Phi) is 7.25. The summed E-state index contributed by atoms with van der Waals surface area (Å²) in [6, 6.07) is 19.3. The summed E-state index contributed by atoms with van der Waals surface area (Å²) in [7, 11) is 3.27. The predicted molar refractivity (Wildman–Crippen MR) is 127 cm³/mol. The van der Waals surface area contributed by atoms with Gasteiger partial charge in [-0.1, -0.05) is 18.2 Å². The highest BCUT2D eigenvalue weighted by molar-refractivity contribution is 5.92. The summed E-state index contributed by atoms with van der Waals surface area (Å²) in [5.41, 5.74) is 2.74. The molecule has 1 heterocycles. The van der Waals surface area contributed by atoms with Crippen LogP contribution in [0.1, 0.15) is 29.7 Å². The lowest BCUT2D eigenvalue weighted by Gasteiger charge is -2.22. The Morgan fingerprint density at radius 2 is 1.82 bits per heavy atom. The standard InChI is InChI=1S/C27H28N2O4/c1-31-25-13-14-26(32-2)21(17-25)18-29(23-9-10-23)27(30)15-8-20-6-11-24(12-7-20)33-19-22-5-3-4-16-28-22/h3-8,11-17,23H,9-10,18-19H2,1-2H3/b15-8+. The molecule has 1 fully saturated rings. The van der Waals surface area contributed by atoms with Gasteiger partial charge in [0.1, 0.15) is 23.9 Å². The normalized spacial score (nSPS) is 13.0. The molecule has 0 radical (unpaired) electrons. The molecular formula is C27H28N2O4. The topological polar surface area (TPSA) is 60.9 Å². The van der Waals surface area contributed by atoms with E-state index in [9.17, 15) is 4.79 Å². The lowest BCUT2D eigenvalue weighted by atomic mass is 10.1. The van der Waals surface area contributed by atoms with E-state index in [4.69, 9.17) is 14.2 Å². The molecule has 1 aliphatic rings. The first-order chi connectivity index (χ1) is 16.2. The quantitative estimate of drug-likeness (QED) is 0.417. The van der Waals surface area contributed by atoms with Crippen LogP contribution in [-0.2, 0) is 17.9 Å². The van der Waals surface area contributed by atoms with Crippen LogP contribution in [0.4, 0.5) is 0 Å². The molecule has 6 heteroatoms. The van der Waals surface area contributed by atoms with Crippen molar-refractivity contribution in [1.82, 2.24) is 9.88 Å². The van der Waals surface area contributed by atoms with Gasteiger partial charge in [-0.05, 0) is 66.9 Å². The molecule has 0 atom stereocenters. The van der Waals surface area contributed by atoms with Crippen LogP contribution in [0.2, 0.25) is 0 Å². The molecule has 0 spiro atoms. The molecule has 1 amide bonds. The van der Waals surface area contributed by atoms with Gasteiger partial charge < -0.3 is 19.1 Å². The number of carbonyl (C=O) groups is 1. The monoisotopic (exact) mass is 444 g/mol. The molecule has 0 saturated heterocycles. The number of hydrogen-bond acceptors (Lipinski definition) is 5. The predicted octanol–water partition coefficient (Wildman–Crippen LogP) is 4.88. The Labute approximate surface area is 194 Å².